The van der Waals surface area contributed by atoms with Gasteiger partial charge in [0.1, 0.15) is 0 Å². The van der Waals surface area contributed by atoms with Crippen LogP contribution in [0.1, 0.15) is 26.0 Å². The van der Waals surface area contributed by atoms with Crippen LogP contribution >= 0.6 is 0 Å². The summed E-state index contributed by atoms with van der Waals surface area (Å²) in [5.74, 6) is 0.724. The van der Waals surface area contributed by atoms with Gasteiger partial charge in [-0.05, 0) is 30.5 Å². The van der Waals surface area contributed by atoms with Gasteiger partial charge in [0.15, 0.2) is 0 Å². The first-order valence-electron chi connectivity index (χ1n) is 6.48. The van der Waals surface area contributed by atoms with Crippen molar-refractivity contribution in [2.24, 2.45) is 5.92 Å². The summed E-state index contributed by atoms with van der Waals surface area (Å²) in [6, 6.07) is 10.9. The van der Waals surface area contributed by atoms with Crippen molar-refractivity contribution in [3.05, 3.63) is 36.0 Å². The second kappa shape index (κ2) is 5.37. The largest absolute Gasteiger partial charge is 0.343 e. The summed E-state index contributed by atoms with van der Waals surface area (Å²) in [7, 11) is 2.01. The molecular formula is C15H22N2. The number of hydrogen-bond donors (Lipinski definition) is 1. The van der Waals surface area contributed by atoms with Gasteiger partial charge in [0.05, 0.1) is 0 Å². The summed E-state index contributed by atoms with van der Waals surface area (Å²) < 4.78 is 2.46. The summed E-state index contributed by atoms with van der Waals surface area (Å²) in [5.41, 5.74) is 2.74. The maximum atomic E-state index is 3.26. The molecule has 1 N–H and O–H groups in total. The molecule has 0 aliphatic carbocycles. The summed E-state index contributed by atoms with van der Waals surface area (Å²) in [5, 5.41) is 4.60. The molecule has 2 aromatic rings. The minimum atomic E-state index is 0.724. The van der Waals surface area contributed by atoms with E-state index in [-0.39, 0.29) is 0 Å². The molecule has 92 valence electrons. The first kappa shape index (κ1) is 12.2. The molecule has 0 spiro atoms. The molecule has 0 aliphatic rings. The molecule has 1 aromatic heterocycles. The van der Waals surface area contributed by atoms with Crippen molar-refractivity contribution < 1.29 is 0 Å². The molecule has 0 radical (unpaired) electrons. The van der Waals surface area contributed by atoms with E-state index in [1.807, 2.05) is 7.05 Å². The maximum absolute atomic E-state index is 3.26. The lowest BCUT2D eigenvalue weighted by molar-refractivity contribution is 0.466. The molecule has 0 bridgehead atoms. The third-order valence-electron chi connectivity index (χ3n) is 3.45. The molecule has 17 heavy (non-hydrogen) atoms. The summed E-state index contributed by atoms with van der Waals surface area (Å²) in [4.78, 5) is 0. The molecule has 2 nitrogen and oxygen atoms in total. The fourth-order valence-electron chi connectivity index (χ4n) is 2.25. The number of nitrogens with one attached hydrogen (secondary N) is 1. The van der Waals surface area contributed by atoms with E-state index in [4.69, 9.17) is 0 Å². The van der Waals surface area contributed by atoms with Crippen LogP contribution in [-0.4, -0.2) is 11.6 Å². The fourth-order valence-corrected chi connectivity index (χ4v) is 2.25. The van der Waals surface area contributed by atoms with Crippen molar-refractivity contribution in [1.82, 2.24) is 9.88 Å². The van der Waals surface area contributed by atoms with E-state index in [2.05, 4.69) is 54.1 Å². The van der Waals surface area contributed by atoms with Crippen LogP contribution in [0.15, 0.2) is 30.3 Å². The van der Waals surface area contributed by atoms with E-state index in [1.165, 1.54) is 23.0 Å². The van der Waals surface area contributed by atoms with Gasteiger partial charge in [-0.3, -0.25) is 0 Å². The van der Waals surface area contributed by atoms with Crippen molar-refractivity contribution in [2.45, 2.75) is 33.4 Å². The molecule has 0 saturated heterocycles. The highest BCUT2D eigenvalue weighted by atomic mass is 15.0. The number of benzene rings is 1. The zero-order valence-electron chi connectivity index (χ0n) is 11.0. The van der Waals surface area contributed by atoms with Gasteiger partial charge in [-0.2, -0.15) is 0 Å². The quantitative estimate of drug-likeness (QED) is 0.833. The Morgan fingerprint density at radius 3 is 2.76 bits per heavy atom. The van der Waals surface area contributed by atoms with E-state index < -0.39 is 0 Å². The van der Waals surface area contributed by atoms with E-state index >= 15 is 0 Å². The lowest BCUT2D eigenvalue weighted by atomic mass is 10.1. The van der Waals surface area contributed by atoms with Crippen molar-refractivity contribution >= 4 is 10.9 Å². The van der Waals surface area contributed by atoms with Crippen LogP contribution < -0.4 is 5.32 Å². The third-order valence-corrected chi connectivity index (χ3v) is 3.45. The van der Waals surface area contributed by atoms with Crippen LogP contribution in [0.2, 0.25) is 0 Å². The Morgan fingerprint density at radius 1 is 1.29 bits per heavy atom. The standard InChI is InChI=1S/C15H22N2/c1-4-12(2)11-17-14(10-16-3)9-13-7-5-6-8-15(13)17/h5-9,12,16H,4,10-11H2,1-3H3. The smallest absolute Gasteiger partial charge is 0.0483 e. The second-order valence-corrected chi connectivity index (χ2v) is 4.85. The van der Waals surface area contributed by atoms with Gasteiger partial charge in [-0.15, -0.1) is 0 Å². The van der Waals surface area contributed by atoms with Crippen molar-refractivity contribution in [3.63, 3.8) is 0 Å². The van der Waals surface area contributed by atoms with Crippen LogP contribution in [0.4, 0.5) is 0 Å². The molecule has 0 fully saturated rings. The predicted octanol–water partition coefficient (Wildman–Crippen LogP) is 3.41. The highest BCUT2D eigenvalue weighted by molar-refractivity contribution is 5.81. The summed E-state index contributed by atoms with van der Waals surface area (Å²) in [6.07, 6.45) is 1.23. The molecular weight excluding hydrogens is 208 g/mol. The van der Waals surface area contributed by atoms with Crippen LogP contribution in [-0.2, 0) is 13.1 Å². The topological polar surface area (TPSA) is 17.0 Å². The van der Waals surface area contributed by atoms with Crippen LogP contribution in [0, 0.1) is 5.92 Å². The fraction of sp³-hybridized carbons (Fsp3) is 0.467. The van der Waals surface area contributed by atoms with Gasteiger partial charge in [0.2, 0.25) is 0 Å². The van der Waals surface area contributed by atoms with E-state index in [1.54, 1.807) is 0 Å². The minimum Gasteiger partial charge on any atom is -0.343 e. The third kappa shape index (κ3) is 2.52. The lowest BCUT2D eigenvalue weighted by Crippen LogP contribution is -2.14. The number of rotatable bonds is 5. The Balaban J connectivity index is 2.44. The number of fused-ring (bicyclic) bond motifs is 1. The van der Waals surface area contributed by atoms with Gasteiger partial charge in [-0.1, -0.05) is 38.5 Å². The maximum Gasteiger partial charge on any atom is 0.0483 e. The van der Waals surface area contributed by atoms with E-state index in [9.17, 15) is 0 Å². The highest BCUT2D eigenvalue weighted by Gasteiger charge is 2.09. The number of aromatic nitrogens is 1. The van der Waals surface area contributed by atoms with Gasteiger partial charge >= 0.3 is 0 Å². The molecule has 0 aliphatic heterocycles. The van der Waals surface area contributed by atoms with E-state index in [0.717, 1.165) is 19.0 Å². The lowest BCUT2D eigenvalue weighted by Gasteiger charge is -2.15. The van der Waals surface area contributed by atoms with Gasteiger partial charge in [0, 0.05) is 24.3 Å². The zero-order chi connectivity index (χ0) is 12.3. The van der Waals surface area contributed by atoms with E-state index in [0.29, 0.717) is 0 Å². The highest BCUT2D eigenvalue weighted by Crippen LogP contribution is 2.21. The molecule has 0 saturated carbocycles. The first-order chi connectivity index (χ1) is 8.26. The second-order valence-electron chi connectivity index (χ2n) is 4.85. The molecule has 1 aromatic carbocycles. The van der Waals surface area contributed by atoms with Crippen molar-refractivity contribution in [2.75, 3.05) is 7.05 Å². The molecule has 2 rings (SSSR count). The van der Waals surface area contributed by atoms with Crippen LogP contribution in [0.25, 0.3) is 10.9 Å². The minimum absolute atomic E-state index is 0.724. The van der Waals surface area contributed by atoms with Crippen LogP contribution in [0.3, 0.4) is 0 Å². The summed E-state index contributed by atoms with van der Waals surface area (Å²) in [6.45, 7) is 6.62. The first-order valence-corrected chi connectivity index (χ1v) is 6.48. The average molecular weight is 230 g/mol. The Hall–Kier alpha value is -1.28. The molecule has 1 unspecified atom stereocenters. The van der Waals surface area contributed by atoms with Gasteiger partial charge in [-0.25, -0.2) is 0 Å². The molecule has 2 heteroatoms. The van der Waals surface area contributed by atoms with Gasteiger partial charge < -0.3 is 9.88 Å². The summed E-state index contributed by atoms with van der Waals surface area (Å²) >= 11 is 0. The molecule has 1 atom stereocenters. The molecule has 0 amide bonds. The normalized spacial score (nSPS) is 13.1. The Kier molecular flexibility index (Phi) is 3.85. The Labute approximate surface area is 104 Å². The van der Waals surface area contributed by atoms with Crippen molar-refractivity contribution in [3.8, 4) is 0 Å². The number of nitrogens with zero attached hydrogens (tertiary/aromatic N) is 1. The van der Waals surface area contributed by atoms with Crippen molar-refractivity contribution in [1.29, 1.82) is 0 Å². The monoisotopic (exact) mass is 230 g/mol. The average Bonchev–Trinajstić information content (AvgIpc) is 2.68. The Morgan fingerprint density at radius 2 is 2.06 bits per heavy atom. The Bertz CT molecular complexity index is 485. The number of para-hydroxylation sites is 1. The molecule has 1 heterocycles. The number of hydrogen-bond acceptors (Lipinski definition) is 1. The SMILES string of the molecule is CCC(C)Cn1c(CNC)cc2ccccc21. The predicted molar refractivity (Wildman–Crippen MR) is 74.2 cm³/mol. The van der Waals surface area contributed by atoms with Gasteiger partial charge in [0.25, 0.3) is 0 Å². The zero-order valence-corrected chi connectivity index (χ0v) is 11.0. The van der Waals surface area contributed by atoms with Crippen LogP contribution in [0.5, 0.6) is 0 Å².